The molecule has 3 heteroatoms. The maximum absolute atomic E-state index is 7.62. The second-order valence-corrected chi connectivity index (χ2v) is 6.06. The van der Waals surface area contributed by atoms with Crippen molar-refractivity contribution in [3.63, 3.8) is 0 Å². The number of aliphatic hydroxyl groups excluding tert-OH is 2. The molecule has 0 radical (unpaired) electrons. The molecule has 2 aromatic carbocycles. The third kappa shape index (κ3) is 10.7. The molecule has 2 rings (SSSR count). The zero-order chi connectivity index (χ0) is 18.2. The normalized spacial score (nSPS) is 10.4. The molecule has 0 spiro atoms. The third-order valence-electron chi connectivity index (χ3n) is 4.11. The Labute approximate surface area is 152 Å². The van der Waals surface area contributed by atoms with Crippen molar-refractivity contribution in [2.75, 3.05) is 32.8 Å². The molecule has 3 nitrogen and oxygen atoms in total. The second-order valence-electron chi connectivity index (χ2n) is 6.06. The van der Waals surface area contributed by atoms with Crippen LogP contribution in [0, 0.1) is 0 Å². The molecule has 0 bridgehead atoms. The lowest BCUT2D eigenvalue weighted by Gasteiger charge is -2.20. The summed E-state index contributed by atoms with van der Waals surface area (Å²) in [5, 5.41) is 15.2. The maximum atomic E-state index is 7.62. The number of nitrogens with zero attached hydrogens (tertiary/aromatic N) is 1. The molecular formula is C22H33NO2. The molecule has 25 heavy (non-hydrogen) atoms. The van der Waals surface area contributed by atoms with Crippen molar-refractivity contribution in [1.29, 1.82) is 0 Å². The third-order valence-corrected chi connectivity index (χ3v) is 4.11. The van der Waals surface area contributed by atoms with Crippen LogP contribution in [0.2, 0.25) is 0 Å². The highest BCUT2D eigenvalue weighted by Gasteiger charge is 2.02. The minimum absolute atomic E-state index is 0.125. The predicted octanol–water partition coefficient (Wildman–Crippen LogP) is 3.54. The fourth-order valence-electron chi connectivity index (χ4n) is 2.73. The summed E-state index contributed by atoms with van der Waals surface area (Å²) in [5.74, 6) is 0. The molecule has 0 heterocycles. The standard InChI is InChI=1S/C20H27N.C2H6O2/c1-2-21(17-9-15-19-11-5-3-6-12-19)18-10-16-20-13-7-4-8-14-20;3-1-2-4/h3-8,11-14H,2,9-10,15-18H2,1H3;3-4H,1-2H2. The SMILES string of the molecule is CCN(CCCc1ccccc1)CCCc1ccccc1.OCCO. The van der Waals surface area contributed by atoms with Crippen LogP contribution in [-0.2, 0) is 12.8 Å². The van der Waals surface area contributed by atoms with E-state index in [2.05, 4.69) is 72.5 Å². The number of benzene rings is 2. The quantitative estimate of drug-likeness (QED) is 0.693. The zero-order valence-electron chi connectivity index (χ0n) is 15.5. The Balaban J connectivity index is 0.000000705. The summed E-state index contributed by atoms with van der Waals surface area (Å²) in [6.07, 6.45) is 4.89. The molecule has 0 atom stereocenters. The molecule has 2 N–H and O–H groups in total. The van der Waals surface area contributed by atoms with Gasteiger partial charge in [0.1, 0.15) is 0 Å². The lowest BCUT2D eigenvalue weighted by molar-refractivity contribution is 0.186. The van der Waals surface area contributed by atoms with Crippen LogP contribution in [0.4, 0.5) is 0 Å². The topological polar surface area (TPSA) is 43.7 Å². The van der Waals surface area contributed by atoms with Gasteiger partial charge in [0, 0.05) is 0 Å². The van der Waals surface area contributed by atoms with E-state index in [1.807, 2.05) is 0 Å². The molecule has 0 saturated heterocycles. The Kier molecular flexibility index (Phi) is 12.5. The molecule has 138 valence electrons. The highest BCUT2D eigenvalue weighted by atomic mass is 16.3. The Morgan fingerprint density at radius 1 is 0.680 bits per heavy atom. The van der Waals surface area contributed by atoms with E-state index in [0.717, 1.165) is 6.54 Å². The molecule has 0 amide bonds. The molecule has 0 aliphatic rings. The average Bonchev–Trinajstić information content (AvgIpc) is 2.68. The first-order valence-corrected chi connectivity index (χ1v) is 9.32. The molecule has 0 fully saturated rings. The molecule has 0 saturated carbocycles. The summed E-state index contributed by atoms with van der Waals surface area (Å²) < 4.78 is 0. The fourth-order valence-corrected chi connectivity index (χ4v) is 2.73. The Bertz CT molecular complexity index is 469. The van der Waals surface area contributed by atoms with Gasteiger partial charge in [0.25, 0.3) is 0 Å². The van der Waals surface area contributed by atoms with Crippen LogP contribution in [0.5, 0.6) is 0 Å². The van der Waals surface area contributed by atoms with E-state index < -0.39 is 0 Å². The number of hydrogen-bond acceptors (Lipinski definition) is 3. The highest BCUT2D eigenvalue weighted by Crippen LogP contribution is 2.06. The Hall–Kier alpha value is -1.68. The van der Waals surface area contributed by atoms with Gasteiger partial charge in [0.05, 0.1) is 13.2 Å². The van der Waals surface area contributed by atoms with E-state index >= 15 is 0 Å². The van der Waals surface area contributed by atoms with Crippen molar-refractivity contribution in [2.24, 2.45) is 0 Å². The molecule has 0 unspecified atom stereocenters. The van der Waals surface area contributed by atoms with Gasteiger partial charge >= 0.3 is 0 Å². The van der Waals surface area contributed by atoms with Gasteiger partial charge in [-0.3, -0.25) is 0 Å². The van der Waals surface area contributed by atoms with Crippen LogP contribution < -0.4 is 0 Å². The lowest BCUT2D eigenvalue weighted by Crippen LogP contribution is -2.26. The number of rotatable bonds is 10. The Morgan fingerprint density at radius 3 is 1.40 bits per heavy atom. The van der Waals surface area contributed by atoms with Gasteiger partial charge in [-0.05, 0) is 56.4 Å². The van der Waals surface area contributed by atoms with Crippen LogP contribution >= 0.6 is 0 Å². The van der Waals surface area contributed by atoms with Crippen LogP contribution in [0.1, 0.15) is 30.9 Å². The first kappa shape index (κ1) is 21.4. The van der Waals surface area contributed by atoms with E-state index in [0.29, 0.717) is 0 Å². The van der Waals surface area contributed by atoms with E-state index in [1.54, 1.807) is 0 Å². The highest BCUT2D eigenvalue weighted by molar-refractivity contribution is 5.15. The summed E-state index contributed by atoms with van der Waals surface area (Å²) in [5.41, 5.74) is 2.91. The molecular weight excluding hydrogens is 310 g/mol. The minimum atomic E-state index is -0.125. The predicted molar refractivity (Wildman–Crippen MR) is 106 cm³/mol. The van der Waals surface area contributed by atoms with Crippen LogP contribution in [0.3, 0.4) is 0 Å². The average molecular weight is 344 g/mol. The van der Waals surface area contributed by atoms with E-state index in [4.69, 9.17) is 10.2 Å². The van der Waals surface area contributed by atoms with E-state index in [9.17, 15) is 0 Å². The molecule has 0 aliphatic carbocycles. The van der Waals surface area contributed by atoms with Crippen molar-refractivity contribution in [1.82, 2.24) is 4.90 Å². The largest absolute Gasteiger partial charge is 0.394 e. The van der Waals surface area contributed by atoms with Gasteiger partial charge in [-0.2, -0.15) is 0 Å². The Morgan fingerprint density at radius 2 is 1.08 bits per heavy atom. The van der Waals surface area contributed by atoms with Gasteiger partial charge < -0.3 is 15.1 Å². The van der Waals surface area contributed by atoms with Crippen molar-refractivity contribution < 1.29 is 10.2 Å². The van der Waals surface area contributed by atoms with Gasteiger partial charge in [0.15, 0.2) is 0 Å². The zero-order valence-corrected chi connectivity index (χ0v) is 15.5. The first-order valence-electron chi connectivity index (χ1n) is 9.32. The lowest BCUT2D eigenvalue weighted by atomic mass is 10.1. The summed E-state index contributed by atoms with van der Waals surface area (Å²) in [4.78, 5) is 2.58. The molecule has 0 aromatic heterocycles. The number of hydrogen-bond donors (Lipinski definition) is 2. The van der Waals surface area contributed by atoms with Crippen LogP contribution in [0.25, 0.3) is 0 Å². The summed E-state index contributed by atoms with van der Waals surface area (Å²) >= 11 is 0. The van der Waals surface area contributed by atoms with Crippen molar-refractivity contribution in [3.05, 3.63) is 71.8 Å². The summed E-state index contributed by atoms with van der Waals surface area (Å²) in [6, 6.07) is 21.6. The van der Waals surface area contributed by atoms with Gasteiger partial charge in [-0.15, -0.1) is 0 Å². The van der Waals surface area contributed by atoms with Crippen molar-refractivity contribution in [2.45, 2.75) is 32.6 Å². The van der Waals surface area contributed by atoms with Crippen molar-refractivity contribution in [3.8, 4) is 0 Å². The van der Waals surface area contributed by atoms with Gasteiger partial charge in [-0.1, -0.05) is 67.6 Å². The van der Waals surface area contributed by atoms with Crippen molar-refractivity contribution >= 4 is 0 Å². The van der Waals surface area contributed by atoms with E-state index in [-0.39, 0.29) is 13.2 Å². The van der Waals surface area contributed by atoms with Gasteiger partial charge in [0.2, 0.25) is 0 Å². The monoisotopic (exact) mass is 343 g/mol. The summed E-state index contributed by atoms with van der Waals surface area (Å²) in [6.45, 7) is 5.59. The smallest absolute Gasteiger partial charge is 0.0662 e. The molecule has 2 aromatic rings. The van der Waals surface area contributed by atoms with Crippen LogP contribution in [0.15, 0.2) is 60.7 Å². The first-order chi connectivity index (χ1) is 12.3. The van der Waals surface area contributed by atoms with Gasteiger partial charge in [-0.25, -0.2) is 0 Å². The summed E-state index contributed by atoms with van der Waals surface area (Å²) in [7, 11) is 0. The number of aliphatic hydroxyl groups is 2. The van der Waals surface area contributed by atoms with E-state index in [1.165, 1.54) is 49.9 Å². The molecule has 0 aliphatic heterocycles. The minimum Gasteiger partial charge on any atom is -0.394 e. The maximum Gasteiger partial charge on any atom is 0.0662 e. The second kappa shape index (κ2) is 14.6. The fraction of sp³-hybridized carbons (Fsp3) is 0.455. The van der Waals surface area contributed by atoms with Crippen LogP contribution in [-0.4, -0.2) is 48.0 Å². The number of aryl methyl sites for hydroxylation is 2.